The normalized spacial score (nSPS) is 13.2. The van der Waals surface area contributed by atoms with E-state index in [-0.39, 0.29) is 11.3 Å². The number of carboxylic acids is 1. The molecule has 1 aromatic heterocycles. The Morgan fingerprint density at radius 2 is 2.21 bits per heavy atom. The zero-order chi connectivity index (χ0) is 14.5. The maximum absolute atomic E-state index is 12.0. The number of nitrogens with zero attached hydrogens (tertiary/aromatic N) is 1. The second kappa shape index (κ2) is 6.97. The molecule has 1 heterocycles. The van der Waals surface area contributed by atoms with E-state index in [9.17, 15) is 13.2 Å². The SMILES string of the molecule is CCCCC(NS(=O)(=O)c1cncc(Br)c1)C(=O)O. The van der Waals surface area contributed by atoms with Gasteiger partial charge in [0.1, 0.15) is 10.9 Å². The number of nitrogens with one attached hydrogen (secondary N) is 1. The van der Waals surface area contributed by atoms with Crippen LogP contribution in [0.15, 0.2) is 27.8 Å². The molecule has 0 spiro atoms. The highest BCUT2D eigenvalue weighted by atomic mass is 79.9. The van der Waals surface area contributed by atoms with Crippen LogP contribution in [0.25, 0.3) is 0 Å². The summed E-state index contributed by atoms with van der Waals surface area (Å²) in [5.74, 6) is -1.18. The summed E-state index contributed by atoms with van der Waals surface area (Å²) in [6, 6.07) is 0.248. The number of aromatic nitrogens is 1. The molecule has 1 aromatic rings. The Morgan fingerprint density at radius 3 is 2.74 bits per heavy atom. The Hall–Kier alpha value is -0.990. The number of pyridine rings is 1. The summed E-state index contributed by atoms with van der Waals surface area (Å²) in [5, 5.41) is 9.01. The maximum atomic E-state index is 12.0. The average molecular weight is 351 g/mol. The van der Waals surface area contributed by atoms with Crippen molar-refractivity contribution in [3.05, 3.63) is 22.9 Å². The minimum absolute atomic E-state index is 0.0652. The van der Waals surface area contributed by atoms with Crippen molar-refractivity contribution in [3.8, 4) is 0 Å². The number of sulfonamides is 1. The Kier molecular flexibility index (Phi) is 5.89. The first-order valence-electron chi connectivity index (χ1n) is 5.72. The summed E-state index contributed by atoms with van der Waals surface area (Å²) >= 11 is 3.12. The van der Waals surface area contributed by atoms with Gasteiger partial charge in [0.2, 0.25) is 10.0 Å². The van der Waals surface area contributed by atoms with Gasteiger partial charge in [0.25, 0.3) is 0 Å². The van der Waals surface area contributed by atoms with Gasteiger partial charge in [0.15, 0.2) is 0 Å². The van der Waals surface area contributed by atoms with Crippen molar-refractivity contribution in [1.29, 1.82) is 0 Å². The van der Waals surface area contributed by atoms with Gasteiger partial charge in [0.05, 0.1) is 0 Å². The van der Waals surface area contributed by atoms with E-state index in [0.717, 1.165) is 6.42 Å². The molecule has 0 bridgehead atoms. The highest BCUT2D eigenvalue weighted by molar-refractivity contribution is 9.10. The zero-order valence-electron chi connectivity index (χ0n) is 10.3. The standard InChI is InChI=1S/C11H15BrN2O4S/c1-2-3-4-10(11(15)16)14-19(17,18)9-5-8(12)6-13-7-9/h5-7,10,14H,2-4H2,1H3,(H,15,16). The van der Waals surface area contributed by atoms with Gasteiger partial charge in [0, 0.05) is 16.9 Å². The third-order valence-electron chi connectivity index (χ3n) is 2.43. The molecule has 0 aliphatic carbocycles. The lowest BCUT2D eigenvalue weighted by Gasteiger charge is -2.14. The minimum atomic E-state index is -3.88. The molecular formula is C11H15BrN2O4S. The van der Waals surface area contributed by atoms with Crippen molar-refractivity contribution in [2.75, 3.05) is 0 Å². The third kappa shape index (κ3) is 4.88. The molecule has 1 rings (SSSR count). The molecule has 0 amide bonds. The molecule has 0 saturated heterocycles. The molecule has 6 nitrogen and oxygen atoms in total. The van der Waals surface area contributed by atoms with Crippen molar-refractivity contribution in [2.24, 2.45) is 0 Å². The van der Waals surface area contributed by atoms with Crippen LogP contribution in [0.5, 0.6) is 0 Å². The quantitative estimate of drug-likeness (QED) is 0.780. The first-order chi connectivity index (χ1) is 8.86. The molecule has 1 unspecified atom stereocenters. The fourth-order valence-corrected chi connectivity index (χ4v) is 3.16. The van der Waals surface area contributed by atoms with Crippen LogP contribution in [0.4, 0.5) is 0 Å². The molecule has 8 heteroatoms. The summed E-state index contributed by atoms with van der Waals surface area (Å²) in [4.78, 5) is 14.7. The Morgan fingerprint density at radius 1 is 1.53 bits per heavy atom. The maximum Gasteiger partial charge on any atom is 0.321 e. The van der Waals surface area contributed by atoms with E-state index >= 15 is 0 Å². The van der Waals surface area contributed by atoms with Crippen LogP contribution >= 0.6 is 15.9 Å². The first-order valence-corrected chi connectivity index (χ1v) is 8.00. The van der Waals surface area contributed by atoms with E-state index in [1.807, 2.05) is 6.92 Å². The molecule has 0 aliphatic rings. The molecule has 0 radical (unpaired) electrons. The van der Waals surface area contributed by atoms with E-state index in [0.29, 0.717) is 10.9 Å². The predicted molar refractivity (Wildman–Crippen MR) is 73.2 cm³/mol. The molecule has 19 heavy (non-hydrogen) atoms. The van der Waals surface area contributed by atoms with E-state index in [2.05, 4.69) is 25.6 Å². The third-order valence-corrected chi connectivity index (χ3v) is 4.30. The number of hydrogen-bond donors (Lipinski definition) is 2. The van der Waals surface area contributed by atoms with Crippen molar-refractivity contribution in [2.45, 2.75) is 37.1 Å². The highest BCUT2D eigenvalue weighted by Crippen LogP contribution is 2.15. The number of carbonyl (C=O) groups is 1. The Bertz CT molecular complexity index is 547. The fourth-order valence-electron chi connectivity index (χ4n) is 1.44. The first kappa shape index (κ1) is 16.1. The summed E-state index contributed by atoms with van der Waals surface area (Å²) < 4.78 is 26.7. The molecule has 0 aromatic carbocycles. The topological polar surface area (TPSA) is 96.4 Å². The van der Waals surface area contributed by atoms with E-state index < -0.39 is 22.0 Å². The lowest BCUT2D eigenvalue weighted by Crippen LogP contribution is -2.40. The number of carboxylic acid groups (broad SMARTS) is 1. The van der Waals surface area contributed by atoms with Crippen LogP contribution in [-0.2, 0) is 14.8 Å². The van der Waals surface area contributed by atoms with Gasteiger partial charge in [-0.05, 0) is 28.4 Å². The number of hydrogen-bond acceptors (Lipinski definition) is 4. The summed E-state index contributed by atoms with van der Waals surface area (Å²) in [5.41, 5.74) is 0. The minimum Gasteiger partial charge on any atom is -0.480 e. The van der Waals surface area contributed by atoms with Gasteiger partial charge >= 0.3 is 5.97 Å². The molecular weight excluding hydrogens is 336 g/mol. The molecule has 0 saturated carbocycles. The van der Waals surface area contributed by atoms with E-state index in [4.69, 9.17) is 5.11 Å². The van der Waals surface area contributed by atoms with Gasteiger partial charge < -0.3 is 5.11 Å². The molecule has 0 aliphatic heterocycles. The van der Waals surface area contributed by atoms with Crippen LogP contribution in [0, 0.1) is 0 Å². The van der Waals surface area contributed by atoms with Gasteiger partial charge in [-0.1, -0.05) is 19.8 Å². The zero-order valence-corrected chi connectivity index (χ0v) is 12.7. The van der Waals surface area contributed by atoms with Gasteiger partial charge in [-0.15, -0.1) is 0 Å². The molecule has 1 atom stereocenters. The number of rotatable bonds is 7. The highest BCUT2D eigenvalue weighted by Gasteiger charge is 2.25. The fraction of sp³-hybridized carbons (Fsp3) is 0.455. The molecule has 2 N–H and O–H groups in total. The predicted octanol–water partition coefficient (Wildman–Crippen LogP) is 1.77. The van der Waals surface area contributed by atoms with Crippen LogP contribution in [0.3, 0.4) is 0 Å². The van der Waals surface area contributed by atoms with Gasteiger partial charge in [-0.25, -0.2) is 8.42 Å². The van der Waals surface area contributed by atoms with Crippen LogP contribution in [0.1, 0.15) is 26.2 Å². The van der Waals surface area contributed by atoms with Gasteiger partial charge in [-0.3, -0.25) is 9.78 Å². The van der Waals surface area contributed by atoms with Gasteiger partial charge in [-0.2, -0.15) is 4.72 Å². The van der Waals surface area contributed by atoms with Crippen molar-refractivity contribution in [1.82, 2.24) is 9.71 Å². The van der Waals surface area contributed by atoms with E-state index in [1.54, 1.807) is 0 Å². The van der Waals surface area contributed by atoms with Crippen molar-refractivity contribution >= 4 is 31.9 Å². The van der Waals surface area contributed by atoms with Crippen molar-refractivity contribution in [3.63, 3.8) is 0 Å². The summed E-state index contributed by atoms with van der Waals surface area (Å²) in [6.45, 7) is 1.91. The second-order valence-electron chi connectivity index (χ2n) is 3.99. The average Bonchev–Trinajstić information content (AvgIpc) is 2.34. The lowest BCUT2D eigenvalue weighted by molar-refractivity contribution is -0.139. The molecule has 106 valence electrons. The van der Waals surface area contributed by atoms with Crippen LogP contribution in [-0.4, -0.2) is 30.5 Å². The molecule has 0 fully saturated rings. The summed E-state index contributed by atoms with van der Waals surface area (Å²) in [7, 11) is -3.88. The van der Waals surface area contributed by atoms with E-state index in [1.165, 1.54) is 18.5 Å². The lowest BCUT2D eigenvalue weighted by atomic mass is 10.1. The summed E-state index contributed by atoms with van der Waals surface area (Å²) in [6.07, 6.45) is 4.31. The number of halogens is 1. The number of aliphatic carboxylic acids is 1. The monoisotopic (exact) mass is 350 g/mol. The largest absolute Gasteiger partial charge is 0.480 e. The Labute approximate surface area is 120 Å². The van der Waals surface area contributed by atoms with Crippen LogP contribution < -0.4 is 4.72 Å². The smallest absolute Gasteiger partial charge is 0.321 e. The Balaban J connectivity index is 2.91. The van der Waals surface area contributed by atoms with Crippen LogP contribution in [0.2, 0.25) is 0 Å². The van der Waals surface area contributed by atoms with Crippen molar-refractivity contribution < 1.29 is 18.3 Å². The number of unbranched alkanes of at least 4 members (excludes halogenated alkanes) is 1. The second-order valence-corrected chi connectivity index (χ2v) is 6.62.